The smallest absolute Gasteiger partial charge is 0.234 e. The summed E-state index contributed by atoms with van der Waals surface area (Å²) in [5.74, 6) is 1.66. The molecule has 4 aromatic rings. The summed E-state index contributed by atoms with van der Waals surface area (Å²) in [5.41, 5.74) is 2.76. The summed E-state index contributed by atoms with van der Waals surface area (Å²) in [6, 6.07) is 21.0. The van der Waals surface area contributed by atoms with E-state index in [9.17, 15) is 4.79 Å². The number of nitrogens with zero attached hydrogens (tertiary/aromatic N) is 4. The molecule has 0 saturated carbocycles. The zero-order chi connectivity index (χ0) is 21.5. The third-order valence-corrected chi connectivity index (χ3v) is 5.51. The fourth-order valence-corrected chi connectivity index (χ4v) is 3.75. The summed E-state index contributed by atoms with van der Waals surface area (Å²) in [7, 11) is 1.64. The lowest BCUT2D eigenvalue weighted by Gasteiger charge is -2.11. The lowest BCUT2D eigenvalue weighted by atomic mass is 10.2. The predicted octanol–water partition coefficient (Wildman–Crippen LogP) is 4.13. The minimum absolute atomic E-state index is 0.0966. The average molecular weight is 432 g/mol. The molecular weight excluding hydrogens is 410 g/mol. The number of carbonyl (C=O) groups excluding carboxylic acids is 1. The van der Waals surface area contributed by atoms with Crippen LogP contribution < -0.4 is 10.1 Å². The van der Waals surface area contributed by atoms with Crippen LogP contribution in [-0.4, -0.2) is 38.5 Å². The maximum Gasteiger partial charge on any atom is 0.234 e. The van der Waals surface area contributed by atoms with Gasteiger partial charge in [0.25, 0.3) is 0 Å². The van der Waals surface area contributed by atoms with Crippen LogP contribution in [0.2, 0.25) is 0 Å². The van der Waals surface area contributed by atoms with Gasteiger partial charge in [0.1, 0.15) is 5.75 Å². The molecule has 0 aliphatic rings. The topological polar surface area (TPSA) is 81.9 Å². The van der Waals surface area contributed by atoms with E-state index < -0.39 is 0 Å². The Morgan fingerprint density at radius 1 is 1.00 bits per heavy atom. The van der Waals surface area contributed by atoms with Crippen LogP contribution in [0.25, 0.3) is 11.4 Å². The first-order valence-electron chi connectivity index (χ1n) is 9.67. The molecule has 0 aliphatic heterocycles. The molecule has 0 bridgehead atoms. The number of nitrogens with one attached hydrogen (secondary N) is 1. The average Bonchev–Trinajstić information content (AvgIpc) is 3.22. The van der Waals surface area contributed by atoms with E-state index in [1.54, 1.807) is 19.5 Å². The Bertz CT molecular complexity index is 1130. The molecule has 0 fully saturated rings. The van der Waals surface area contributed by atoms with Crippen molar-refractivity contribution in [2.24, 2.45) is 0 Å². The summed E-state index contributed by atoms with van der Waals surface area (Å²) < 4.78 is 7.26. The van der Waals surface area contributed by atoms with Crippen LogP contribution in [-0.2, 0) is 11.3 Å². The maximum absolute atomic E-state index is 12.4. The molecule has 31 heavy (non-hydrogen) atoms. The van der Waals surface area contributed by atoms with Crippen molar-refractivity contribution in [1.29, 1.82) is 0 Å². The van der Waals surface area contributed by atoms with E-state index in [4.69, 9.17) is 4.74 Å². The quantitative estimate of drug-likeness (QED) is 0.423. The molecule has 8 heteroatoms. The second-order valence-electron chi connectivity index (χ2n) is 6.68. The van der Waals surface area contributed by atoms with Gasteiger partial charge in [0.15, 0.2) is 11.0 Å². The normalized spacial score (nSPS) is 10.6. The van der Waals surface area contributed by atoms with E-state index >= 15 is 0 Å². The molecule has 2 heterocycles. The van der Waals surface area contributed by atoms with E-state index in [-0.39, 0.29) is 11.7 Å². The number of hydrogen-bond acceptors (Lipinski definition) is 6. The number of thioether (sulfide) groups is 1. The SMILES string of the molecule is COc1ccc(Cn2c(SCC(=O)Nc3ccccc3)nnc2-c2ccncc2)cc1. The minimum Gasteiger partial charge on any atom is -0.497 e. The lowest BCUT2D eigenvalue weighted by molar-refractivity contribution is -0.113. The first-order chi connectivity index (χ1) is 15.2. The van der Waals surface area contributed by atoms with Crippen molar-refractivity contribution in [2.45, 2.75) is 11.7 Å². The molecule has 1 amide bonds. The predicted molar refractivity (Wildman–Crippen MR) is 121 cm³/mol. The molecule has 0 spiro atoms. The van der Waals surface area contributed by atoms with Crippen molar-refractivity contribution < 1.29 is 9.53 Å². The van der Waals surface area contributed by atoms with Crippen LogP contribution in [0.3, 0.4) is 0 Å². The number of methoxy groups -OCH3 is 1. The van der Waals surface area contributed by atoms with Crippen LogP contribution >= 0.6 is 11.8 Å². The van der Waals surface area contributed by atoms with Crippen LogP contribution in [0.4, 0.5) is 5.69 Å². The van der Waals surface area contributed by atoms with Crippen molar-refractivity contribution in [1.82, 2.24) is 19.7 Å². The second-order valence-corrected chi connectivity index (χ2v) is 7.62. The third-order valence-electron chi connectivity index (χ3n) is 4.55. The van der Waals surface area contributed by atoms with Crippen LogP contribution in [0.15, 0.2) is 84.3 Å². The van der Waals surface area contributed by atoms with Crippen molar-refractivity contribution in [2.75, 3.05) is 18.2 Å². The Labute approximate surface area is 184 Å². The standard InChI is InChI=1S/C23H21N5O2S/c1-30-20-9-7-17(8-10-20)15-28-22(18-11-13-24-14-12-18)26-27-23(28)31-16-21(29)25-19-5-3-2-4-6-19/h2-14H,15-16H2,1H3,(H,25,29). The second kappa shape index (κ2) is 9.90. The summed E-state index contributed by atoms with van der Waals surface area (Å²) in [5, 5.41) is 12.3. The lowest BCUT2D eigenvalue weighted by Crippen LogP contribution is -2.14. The molecular formula is C23H21N5O2S. The summed E-state index contributed by atoms with van der Waals surface area (Å²) in [6.45, 7) is 0.567. The van der Waals surface area contributed by atoms with Crippen LogP contribution in [0.1, 0.15) is 5.56 Å². The largest absolute Gasteiger partial charge is 0.497 e. The molecule has 1 N–H and O–H groups in total. The number of amides is 1. The van der Waals surface area contributed by atoms with Crippen molar-refractivity contribution in [3.8, 4) is 17.1 Å². The van der Waals surface area contributed by atoms with Crippen molar-refractivity contribution in [3.05, 3.63) is 84.7 Å². The van der Waals surface area contributed by atoms with Gasteiger partial charge in [-0.05, 0) is 42.0 Å². The van der Waals surface area contributed by atoms with Gasteiger partial charge in [0, 0.05) is 23.6 Å². The van der Waals surface area contributed by atoms with Gasteiger partial charge in [-0.15, -0.1) is 10.2 Å². The zero-order valence-electron chi connectivity index (χ0n) is 16.9. The summed E-state index contributed by atoms with van der Waals surface area (Å²) in [4.78, 5) is 16.5. The highest BCUT2D eigenvalue weighted by Crippen LogP contribution is 2.25. The number of aromatic nitrogens is 4. The Kier molecular flexibility index (Phi) is 6.59. The number of pyridine rings is 1. The van der Waals surface area contributed by atoms with Gasteiger partial charge in [0.05, 0.1) is 19.4 Å². The number of rotatable bonds is 8. The number of hydrogen-bond donors (Lipinski definition) is 1. The first kappa shape index (κ1) is 20.6. The van der Waals surface area contributed by atoms with Gasteiger partial charge in [-0.2, -0.15) is 0 Å². The Balaban J connectivity index is 1.55. The summed E-state index contributed by atoms with van der Waals surface area (Å²) >= 11 is 1.35. The van der Waals surface area contributed by atoms with Gasteiger partial charge < -0.3 is 10.1 Å². The van der Waals surface area contributed by atoms with Crippen molar-refractivity contribution >= 4 is 23.4 Å². The van der Waals surface area contributed by atoms with Gasteiger partial charge in [-0.3, -0.25) is 14.3 Å². The van der Waals surface area contributed by atoms with E-state index in [0.29, 0.717) is 11.7 Å². The molecule has 0 unspecified atom stereocenters. The zero-order valence-corrected chi connectivity index (χ0v) is 17.7. The van der Waals surface area contributed by atoms with E-state index in [2.05, 4.69) is 20.5 Å². The number of anilines is 1. The molecule has 2 aromatic carbocycles. The number of para-hydroxylation sites is 1. The summed E-state index contributed by atoms with van der Waals surface area (Å²) in [6.07, 6.45) is 3.45. The fraction of sp³-hybridized carbons (Fsp3) is 0.130. The fourth-order valence-electron chi connectivity index (χ4n) is 3.01. The maximum atomic E-state index is 12.4. The van der Waals surface area contributed by atoms with Crippen molar-refractivity contribution in [3.63, 3.8) is 0 Å². The minimum atomic E-state index is -0.0966. The highest BCUT2D eigenvalue weighted by Gasteiger charge is 2.16. The monoisotopic (exact) mass is 431 g/mol. The molecule has 0 aliphatic carbocycles. The van der Waals surface area contributed by atoms with E-state index in [1.165, 1.54) is 11.8 Å². The molecule has 0 saturated heterocycles. The molecule has 156 valence electrons. The molecule has 4 rings (SSSR count). The Morgan fingerprint density at radius 2 is 1.74 bits per heavy atom. The Hall–Kier alpha value is -3.65. The van der Waals surface area contributed by atoms with Crippen LogP contribution in [0.5, 0.6) is 5.75 Å². The van der Waals surface area contributed by atoms with E-state index in [1.807, 2.05) is 71.3 Å². The highest BCUT2D eigenvalue weighted by atomic mass is 32.2. The van der Waals surface area contributed by atoms with Gasteiger partial charge in [0.2, 0.25) is 5.91 Å². The van der Waals surface area contributed by atoms with Crippen LogP contribution in [0, 0.1) is 0 Å². The molecule has 0 radical (unpaired) electrons. The molecule has 7 nitrogen and oxygen atoms in total. The third kappa shape index (κ3) is 5.29. The highest BCUT2D eigenvalue weighted by molar-refractivity contribution is 7.99. The van der Waals surface area contributed by atoms with Gasteiger partial charge in [-0.1, -0.05) is 42.1 Å². The number of carbonyl (C=O) groups is 1. The number of benzene rings is 2. The molecule has 2 aromatic heterocycles. The first-order valence-corrected chi connectivity index (χ1v) is 10.7. The van der Waals surface area contributed by atoms with Gasteiger partial charge >= 0.3 is 0 Å². The number of ether oxygens (including phenoxy) is 1. The molecule has 0 atom stereocenters. The van der Waals surface area contributed by atoms with Gasteiger partial charge in [-0.25, -0.2) is 0 Å². The Morgan fingerprint density at radius 3 is 2.45 bits per heavy atom. The van der Waals surface area contributed by atoms with E-state index in [0.717, 1.165) is 28.4 Å².